The third-order valence-electron chi connectivity index (χ3n) is 5.07. The summed E-state index contributed by atoms with van der Waals surface area (Å²) in [6.07, 6.45) is -0.215. The lowest BCUT2D eigenvalue weighted by Gasteiger charge is -2.21. The van der Waals surface area contributed by atoms with E-state index in [0.717, 1.165) is 0 Å². The molecule has 0 saturated carbocycles. The lowest BCUT2D eigenvalue weighted by atomic mass is 10.1. The number of imide groups is 1. The molecule has 2 aromatic rings. The number of nitrogens with one attached hydrogen (secondary N) is 2. The monoisotopic (exact) mass is 400 g/mol. The van der Waals surface area contributed by atoms with Gasteiger partial charge in [-0.15, -0.1) is 0 Å². The van der Waals surface area contributed by atoms with Gasteiger partial charge in [0.1, 0.15) is 12.6 Å². The number of carbonyl (C=O) groups is 2. The van der Waals surface area contributed by atoms with Gasteiger partial charge in [0, 0.05) is 19.0 Å². The molecule has 4 rings (SSSR count). The van der Waals surface area contributed by atoms with Crippen molar-refractivity contribution < 1.29 is 19.8 Å². The van der Waals surface area contributed by atoms with E-state index in [1.165, 1.54) is 9.13 Å². The van der Waals surface area contributed by atoms with Crippen LogP contribution in [0.15, 0.2) is 23.0 Å². The highest BCUT2D eigenvalue weighted by atomic mass is 16.5. The zero-order valence-electron chi connectivity index (χ0n) is 19.9. The molecule has 0 aliphatic carbocycles. The Kier molecular flexibility index (Phi) is 4.26. The zero-order chi connectivity index (χ0) is 24.0. The third-order valence-corrected chi connectivity index (χ3v) is 5.07. The second-order valence-corrected chi connectivity index (χ2v) is 6.97. The molecule has 1 aromatic carbocycles. The molecule has 2 aliphatic heterocycles. The van der Waals surface area contributed by atoms with Crippen molar-refractivity contribution in [2.45, 2.75) is 37.8 Å². The average Bonchev–Trinajstić information content (AvgIpc) is 2.94. The number of ether oxygens (including phenoxy) is 1. The number of carbonyl (C=O) groups excluding carboxylic acids is 2. The molecule has 8 nitrogen and oxygen atoms in total. The fourth-order valence-corrected chi connectivity index (χ4v) is 3.64. The normalized spacial score (nSPS) is 25.9. The Morgan fingerprint density at radius 3 is 2.79 bits per heavy atom. The molecule has 1 aromatic heterocycles. The van der Waals surface area contributed by atoms with Gasteiger partial charge in [-0.3, -0.25) is 24.0 Å². The Labute approximate surface area is 173 Å². The third kappa shape index (κ3) is 3.84. The van der Waals surface area contributed by atoms with E-state index in [2.05, 4.69) is 22.5 Å². The maximum Gasteiger partial charge on any atom is 0.329 e. The summed E-state index contributed by atoms with van der Waals surface area (Å²) in [5.74, 6) is 4.96. The lowest BCUT2D eigenvalue weighted by Crippen LogP contribution is -2.44. The van der Waals surface area contributed by atoms with E-state index in [-0.39, 0.29) is 43.9 Å². The van der Waals surface area contributed by atoms with Gasteiger partial charge in [-0.1, -0.05) is 17.9 Å². The van der Waals surface area contributed by atoms with E-state index in [0.29, 0.717) is 16.6 Å². The molecule has 2 aliphatic rings. The molecule has 2 fully saturated rings. The molecular weight excluding hydrogens is 372 g/mol. The number of imidazole rings is 1. The largest absolute Gasteiger partial charge is 0.365 e. The SMILES string of the molecule is [2H]C1([2H])CC(OCC#Cc2cccc3c2n(C)c(=O)n3C2CCC(=O)NC2=O)CC([2H])([2H])N1. The van der Waals surface area contributed by atoms with Gasteiger partial charge < -0.3 is 10.1 Å². The highest BCUT2D eigenvalue weighted by molar-refractivity contribution is 6.00. The molecule has 0 radical (unpaired) electrons. The van der Waals surface area contributed by atoms with Gasteiger partial charge in [0.15, 0.2) is 0 Å². The van der Waals surface area contributed by atoms with Crippen molar-refractivity contribution in [1.82, 2.24) is 19.8 Å². The van der Waals surface area contributed by atoms with Gasteiger partial charge in [-0.05, 0) is 44.4 Å². The van der Waals surface area contributed by atoms with Crippen molar-refractivity contribution >= 4 is 22.8 Å². The fourth-order valence-electron chi connectivity index (χ4n) is 3.64. The fraction of sp³-hybridized carbons (Fsp3) is 0.476. The van der Waals surface area contributed by atoms with Crippen LogP contribution >= 0.6 is 0 Å². The number of fused-ring (bicyclic) bond motifs is 1. The van der Waals surface area contributed by atoms with Gasteiger partial charge in [-0.25, -0.2) is 4.79 Å². The Morgan fingerprint density at radius 2 is 2.03 bits per heavy atom. The highest BCUT2D eigenvalue weighted by Gasteiger charge is 2.31. The molecule has 1 atom stereocenters. The minimum atomic E-state index is -1.87. The molecule has 29 heavy (non-hydrogen) atoms. The standard InChI is InChI=1S/C21H24N4O4/c1-24-19-14(5-3-13-29-15-9-11-22-12-10-15)4-2-6-16(19)25(21(24)28)17-7-8-18(26)23-20(17)27/h2,4,6,15,17,22H,7-13H2,1H3,(H,23,26,27)/i11D2,12D2. The van der Waals surface area contributed by atoms with Crippen molar-refractivity contribution in [2.24, 2.45) is 7.05 Å². The number of hydrogen-bond donors (Lipinski definition) is 2. The van der Waals surface area contributed by atoms with Gasteiger partial charge in [0.05, 0.1) is 22.7 Å². The van der Waals surface area contributed by atoms with Gasteiger partial charge in [-0.2, -0.15) is 0 Å². The lowest BCUT2D eigenvalue weighted by molar-refractivity contribution is -0.135. The van der Waals surface area contributed by atoms with E-state index >= 15 is 0 Å². The first kappa shape index (κ1) is 15.0. The average molecular weight is 400 g/mol. The van der Waals surface area contributed by atoms with Crippen molar-refractivity contribution in [2.75, 3.05) is 19.6 Å². The van der Waals surface area contributed by atoms with Crippen molar-refractivity contribution in [3.05, 3.63) is 34.2 Å². The van der Waals surface area contributed by atoms with E-state index in [1.54, 1.807) is 25.2 Å². The Hall–Kier alpha value is -2.89. The zero-order valence-corrected chi connectivity index (χ0v) is 15.9. The second kappa shape index (κ2) is 8.23. The van der Waals surface area contributed by atoms with Crippen LogP contribution in [-0.4, -0.2) is 46.7 Å². The minimum Gasteiger partial charge on any atom is -0.365 e. The van der Waals surface area contributed by atoms with Gasteiger partial charge >= 0.3 is 5.69 Å². The number of nitrogens with zero attached hydrogens (tertiary/aromatic N) is 2. The van der Waals surface area contributed by atoms with Crippen molar-refractivity contribution in [3.63, 3.8) is 0 Å². The maximum atomic E-state index is 12.9. The summed E-state index contributed by atoms with van der Waals surface area (Å²) < 4.78 is 39.6. The number of benzene rings is 1. The predicted octanol–water partition coefficient (Wildman–Crippen LogP) is 0.438. The molecule has 8 heteroatoms. The van der Waals surface area contributed by atoms with Crippen LogP contribution in [0.5, 0.6) is 0 Å². The van der Waals surface area contributed by atoms with E-state index < -0.39 is 31.0 Å². The Balaban J connectivity index is 1.57. The number of amides is 2. The van der Waals surface area contributed by atoms with Crippen LogP contribution in [0.2, 0.25) is 0 Å². The van der Waals surface area contributed by atoms with E-state index in [9.17, 15) is 14.4 Å². The molecule has 2 saturated heterocycles. The van der Waals surface area contributed by atoms with Crippen LogP contribution in [0.25, 0.3) is 11.0 Å². The van der Waals surface area contributed by atoms with E-state index in [4.69, 9.17) is 10.2 Å². The highest BCUT2D eigenvalue weighted by Crippen LogP contribution is 2.24. The van der Waals surface area contributed by atoms with Crippen molar-refractivity contribution in [3.8, 4) is 11.8 Å². The summed E-state index contributed by atoms with van der Waals surface area (Å²) in [7, 11) is 1.59. The van der Waals surface area contributed by atoms with Crippen molar-refractivity contribution in [1.29, 1.82) is 0 Å². The first-order chi connectivity index (χ1) is 15.5. The molecular formula is C21H24N4O4. The molecule has 0 spiro atoms. The van der Waals surface area contributed by atoms with Crippen LogP contribution in [0, 0.1) is 11.8 Å². The van der Waals surface area contributed by atoms with Crippen LogP contribution in [0.1, 0.15) is 42.8 Å². The van der Waals surface area contributed by atoms with Crippen LogP contribution < -0.4 is 16.3 Å². The smallest absolute Gasteiger partial charge is 0.329 e. The summed E-state index contributed by atoms with van der Waals surface area (Å²) in [5.41, 5.74) is 1.25. The molecule has 2 N–H and O–H groups in total. The Morgan fingerprint density at radius 1 is 1.24 bits per heavy atom. The summed E-state index contributed by atoms with van der Waals surface area (Å²) >= 11 is 0. The number of piperidine rings is 2. The molecule has 1 unspecified atom stereocenters. The minimum absolute atomic E-state index is 0.00702. The quantitative estimate of drug-likeness (QED) is 0.576. The topological polar surface area (TPSA) is 94.4 Å². The first-order valence-corrected chi connectivity index (χ1v) is 9.41. The van der Waals surface area contributed by atoms with Crippen LogP contribution in [0.4, 0.5) is 0 Å². The molecule has 3 heterocycles. The Bertz CT molecular complexity index is 1220. The summed E-state index contributed by atoms with van der Waals surface area (Å²) in [4.78, 5) is 36.8. The maximum absolute atomic E-state index is 12.9. The summed E-state index contributed by atoms with van der Waals surface area (Å²) in [6, 6.07) is 4.41. The number of aromatic nitrogens is 2. The molecule has 0 bridgehead atoms. The number of rotatable bonds is 3. The molecule has 2 amide bonds. The van der Waals surface area contributed by atoms with Gasteiger partial charge in [0.2, 0.25) is 11.8 Å². The number of para-hydroxylation sites is 1. The predicted molar refractivity (Wildman–Crippen MR) is 107 cm³/mol. The van der Waals surface area contributed by atoms with Crippen LogP contribution in [-0.2, 0) is 21.4 Å². The summed E-state index contributed by atoms with van der Waals surface area (Å²) in [5, 5.41) is 4.59. The second-order valence-electron chi connectivity index (χ2n) is 6.97. The first-order valence-electron chi connectivity index (χ1n) is 11.4. The van der Waals surface area contributed by atoms with E-state index in [1.807, 2.05) is 0 Å². The van der Waals surface area contributed by atoms with Gasteiger partial charge in [0.25, 0.3) is 0 Å². The molecule has 152 valence electrons. The van der Waals surface area contributed by atoms with Crippen LogP contribution in [0.3, 0.4) is 0 Å². The number of aryl methyl sites for hydroxylation is 1. The number of hydrogen-bond acceptors (Lipinski definition) is 5. The summed E-state index contributed by atoms with van der Waals surface area (Å²) in [6.45, 7) is -3.78.